The van der Waals surface area contributed by atoms with Crippen LogP contribution in [0.15, 0.2) is 5.16 Å². The van der Waals surface area contributed by atoms with Crippen molar-refractivity contribution in [2.45, 2.75) is 25.7 Å². The number of rotatable bonds is 8. The molecule has 0 radical (unpaired) electrons. The van der Waals surface area contributed by atoms with E-state index in [9.17, 15) is 4.79 Å². The molecule has 1 amide bonds. The highest BCUT2D eigenvalue weighted by molar-refractivity contribution is 5.79. The van der Waals surface area contributed by atoms with Gasteiger partial charge in [-0.25, -0.2) is 0 Å². The van der Waals surface area contributed by atoms with Crippen molar-refractivity contribution >= 4 is 11.7 Å². The molecule has 0 unspecified atom stereocenters. The molecule has 0 aliphatic rings. The van der Waals surface area contributed by atoms with Crippen LogP contribution in [0.5, 0.6) is 0 Å². The average Bonchev–Trinajstić information content (AvgIpc) is 2.15. The maximum atomic E-state index is 10.3. The molecule has 6 heteroatoms. The number of hydrogen-bond acceptors (Lipinski definition) is 4. The predicted octanol–water partition coefficient (Wildman–Crippen LogP) is -0.632. The number of unbranched alkanes of at least 4 members (excludes halogenated alkanes) is 1. The highest BCUT2D eigenvalue weighted by Crippen LogP contribution is 1.93. The fourth-order valence-corrected chi connectivity index (χ4v) is 0.943. The summed E-state index contributed by atoms with van der Waals surface area (Å²) in [5, 5.41) is 14.2. The molecule has 82 valence electrons. The Morgan fingerprint density at radius 1 is 1.21 bits per heavy atom. The molecule has 0 saturated carbocycles. The monoisotopic (exact) mass is 202 g/mol. The topological polar surface area (TPSA) is 114 Å². The van der Waals surface area contributed by atoms with Crippen LogP contribution in [0.25, 0.3) is 0 Å². The van der Waals surface area contributed by atoms with Crippen LogP contribution in [-0.4, -0.2) is 30.0 Å². The first-order valence-corrected chi connectivity index (χ1v) is 4.62. The fourth-order valence-electron chi connectivity index (χ4n) is 0.943. The smallest absolute Gasteiger partial charge is 0.218 e. The Labute approximate surface area is 83.3 Å². The number of hydrogen-bond donors (Lipinski definition) is 4. The van der Waals surface area contributed by atoms with Crippen LogP contribution < -0.4 is 16.8 Å². The summed E-state index contributed by atoms with van der Waals surface area (Å²) < 4.78 is 0. The van der Waals surface area contributed by atoms with Crippen molar-refractivity contribution in [3.05, 3.63) is 0 Å². The second kappa shape index (κ2) is 8.31. The van der Waals surface area contributed by atoms with Crippen molar-refractivity contribution < 1.29 is 10.0 Å². The molecule has 0 saturated heterocycles. The van der Waals surface area contributed by atoms with E-state index in [-0.39, 0.29) is 11.7 Å². The van der Waals surface area contributed by atoms with Gasteiger partial charge in [-0.1, -0.05) is 5.16 Å². The summed E-state index contributed by atoms with van der Waals surface area (Å²) in [5.74, 6) is -0.0451. The Hall–Kier alpha value is -1.30. The Morgan fingerprint density at radius 3 is 2.50 bits per heavy atom. The highest BCUT2D eigenvalue weighted by atomic mass is 16.4. The third kappa shape index (κ3) is 8.79. The van der Waals surface area contributed by atoms with Crippen molar-refractivity contribution in [1.29, 1.82) is 0 Å². The van der Waals surface area contributed by atoms with Gasteiger partial charge in [0, 0.05) is 19.4 Å². The lowest BCUT2D eigenvalue weighted by molar-refractivity contribution is -0.117. The van der Waals surface area contributed by atoms with Crippen molar-refractivity contribution in [2.24, 2.45) is 16.6 Å². The van der Waals surface area contributed by atoms with E-state index in [0.717, 1.165) is 19.4 Å². The molecule has 0 fully saturated rings. The molecule has 6 nitrogen and oxygen atoms in total. The number of amidine groups is 1. The van der Waals surface area contributed by atoms with Crippen molar-refractivity contribution in [3.8, 4) is 0 Å². The van der Waals surface area contributed by atoms with Crippen molar-refractivity contribution in [3.63, 3.8) is 0 Å². The van der Waals surface area contributed by atoms with Crippen LogP contribution in [0.3, 0.4) is 0 Å². The molecule has 0 heterocycles. The van der Waals surface area contributed by atoms with Gasteiger partial charge in [0.15, 0.2) is 0 Å². The molecule has 14 heavy (non-hydrogen) atoms. The molecule has 0 spiro atoms. The summed E-state index contributed by atoms with van der Waals surface area (Å²) in [7, 11) is 0. The van der Waals surface area contributed by atoms with Crippen LogP contribution in [0.4, 0.5) is 0 Å². The van der Waals surface area contributed by atoms with Crippen molar-refractivity contribution in [2.75, 3.05) is 13.1 Å². The third-order valence-electron chi connectivity index (χ3n) is 1.71. The first-order valence-electron chi connectivity index (χ1n) is 4.62. The zero-order valence-corrected chi connectivity index (χ0v) is 8.20. The summed E-state index contributed by atoms with van der Waals surface area (Å²) in [5.41, 5.74) is 10.2. The molecule has 0 aliphatic carbocycles. The van der Waals surface area contributed by atoms with E-state index in [2.05, 4.69) is 10.5 Å². The second-order valence-electron chi connectivity index (χ2n) is 3.01. The van der Waals surface area contributed by atoms with Crippen LogP contribution in [0, 0.1) is 0 Å². The summed E-state index contributed by atoms with van der Waals surface area (Å²) in [6, 6.07) is 0. The summed E-state index contributed by atoms with van der Waals surface area (Å²) in [6.45, 7) is 1.42. The molecule has 6 N–H and O–H groups in total. The molecular formula is C8H18N4O2. The zero-order chi connectivity index (χ0) is 10.8. The summed E-state index contributed by atoms with van der Waals surface area (Å²) in [6.07, 6.45) is 2.74. The van der Waals surface area contributed by atoms with Crippen LogP contribution in [0.2, 0.25) is 0 Å². The predicted molar refractivity (Wildman–Crippen MR) is 53.9 cm³/mol. The lowest BCUT2D eigenvalue weighted by Crippen LogP contribution is -2.23. The lowest BCUT2D eigenvalue weighted by atomic mass is 10.2. The minimum absolute atomic E-state index is 0.252. The van der Waals surface area contributed by atoms with E-state index in [1.807, 2.05) is 0 Å². The molecule has 0 aliphatic heterocycles. The quantitative estimate of drug-likeness (QED) is 0.138. The average molecular weight is 202 g/mol. The van der Waals surface area contributed by atoms with Crippen LogP contribution in [0.1, 0.15) is 25.7 Å². The van der Waals surface area contributed by atoms with Gasteiger partial charge in [0.05, 0.1) is 0 Å². The standard InChI is InChI=1S/C8H18N4O2/c9-7(12-14)3-1-2-5-11-6-4-8(10)13/h11,14H,1-6H2,(H2,9,12)(H2,10,13). The lowest BCUT2D eigenvalue weighted by Gasteiger charge is -2.02. The maximum absolute atomic E-state index is 10.3. The highest BCUT2D eigenvalue weighted by Gasteiger charge is 1.95. The number of oxime groups is 1. The molecule has 0 aromatic heterocycles. The molecule has 0 rings (SSSR count). The number of primary amides is 1. The van der Waals surface area contributed by atoms with Gasteiger partial charge in [-0.2, -0.15) is 0 Å². The zero-order valence-electron chi connectivity index (χ0n) is 8.20. The number of nitrogens with two attached hydrogens (primary N) is 2. The van der Waals surface area contributed by atoms with E-state index in [0.29, 0.717) is 19.4 Å². The van der Waals surface area contributed by atoms with Gasteiger partial charge in [0.2, 0.25) is 5.91 Å². The fraction of sp³-hybridized carbons (Fsp3) is 0.750. The van der Waals surface area contributed by atoms with Gasteiger partial charge in [0.25, 0.3) is 0 Å². The number of nitrogens with one attached hydrogen (secondary N) is 1. The van der Waals surface area contributed by atoms with E-state index in [4.69, 9.17) is 16.7 Å². The minimum Gasteiger partial charge on any atom is -0.409 e. The van der Waals surface area contributed by atoms with E-state index in [1.54, 1.807) is 0 Å². The Bertz CT molecular complexity index is 194. The number of nitrogens with zero attached hydrogens (tertiary/aromatic N) is 1. The molecule has 0 bridgehead atoms. The van der Waals surface area contributed by atoms with Gasteiger partial charge in [-0.15, -0.1) is 0 Å². The first-order chi connectivity index (χ1) is 6.66. The van der Waals surface area contributed by atoms with Crippen molar-refractivity contribution in [1.82, 2.24) is 5.32 Å². The third-order valence-corrected chi connectivity index (χ3v) is 1.71. The van der Waals surface area contributed by atoms with Crippen LogP contribution in [-0.2, 0) is 4.79 Å². The number of amides is 1. The Kier molecular flexibility index (Phi) is 7.53. The molecular weight excluding hydrogens is 184 g/mol. The Morgan fingerprint density at radius 2 is 1.93 bits per heavy atom. The molecule has 0 aromatic carbocycles. The SMILES string of the molecule is NC(=O)CCNCCCCC(N)=NO. The number of carbonyl (C=O) groups is 1. The summed E-state index contributed by atoms with van der Waals surface area (Å²) in [4.78, 5) is 10.3. The van der Waals surface area contributed by atoms with Gasteiger partial charge in [0.1, 0.15) is 5.84 Å². The van der Waals surface area contributed by atoms with Gasteiger partial charge in [-0.05, 0) is 19.4 Å². The van der Waals surface area contributed by atoms with E-state index in [1.165, 1.54) is 0 Å². The van der Waals surface area contributed by atoms with Gasteiger partial charge < -0.3 is 22.0 Å². The molecule has 0 atom stereocenters. The normalized spacial score (nSPS) is 11.6. The first kappa shape index (κ1) is 12.7. The summed E-state index contributed by atoms with van der Waals surface area (Å²) >= 11 is 0. The van der Waals surface area contributed by atoms with E-state index >= 15 is 0 Å². The van der Waals surface area contributed by atoms with Crippen LogP contribution >= 0.6 is 0 Å². The Balaban J connectivity index is 3.10. The maximum Gasteiger partial charge on any atom is 0.218 e. The second-order valence-corrected chi connectivity index (χ2v) is 3.01. The molecule has 0 aromatic rings. The number of carbonyl (C=O) groups excluding carboxylic acids is 1. The van der Waals surface area contributed by atoms with Gasteiger partial charge in [-0.3, -0.25) is 4.79 Å². The van der Waals surface area contributed by atoms with Gasteiger partial charge >= 0.3 is 0 Å². The largest absolute Gasteiger partial charge is 0.409 e. The van der Waals surface area contributed by atoms with E-state index < -0.39 is 0 Å². The minimum atomic E-state index is -0.297.